The number of carbonyl (C=O) groups excluding carboxylic acids is 1. The second kappa shape index (κ2) is 6.82. The molecule has 0 bridgehead atoms. The van der Waals surface area contributed by atoms with Gasteiger partial charge < -0.3 is 10.6 Å². The summed E-state index contributed by atoms with van der Waals surface area (Å²) in [6, 6.07) is 0. The molecular weight excluding hydrogens is 176 g/mol. The number of rotatable bonds is 4. The summed E-state index contributed by atoms with van der Waals surface area (Å²) in [5.41, 5.74) is 0. The second-order valence-electron chi connectivity index (χ2n) is 4.06. The summed E-state index contributed by atoms with van der Waals surface area (Å²) in [5, 5.41) is 6.26. The first-order valence-electron chi connectivity index (χ1n) is 5.80. The van der Waals surface area contributed by atoms with Gasteiger partial charge in [-0.15, -0.1) is 0 Å². The highest BCUT2D eigenvalue weighted by Crippen LogP contribution is 2.16. The lowest BCUT2D eigenvalue weighted by atomic mass is 9.98. The van der Waals surface area contributed by atoms with Crippen molar-refractivity contribution >= 4 is 5.91 Å². The standard InChI is InChI=1S/C11H22N2O/c1-2-13-11(14)7-6-10-5-3-4-8-12-9-10/h10,12H,2-9H2,1H3,(H,13,14). The Balaban J connectivity index is 2.12. The first-order valence-corrected chi connectivity index (χ1v) is 5.80. The quantitative estimate of drug-likeness (QED) is 0.714. The highest BCUT2D eigenvalue weighted by atomic mass is 16.1. The van der Waals surface area contributed by atoms with Crippen LogP contribution in [0.5, 0.6) is 0 Å². The fraction of sp³-hybridized carbons (Fsp3) is 0.909. The van der Waals surface area contributed by atoms with Crippen molar-refractivity contribution in [1.29, 1.82) is 0 Å². The van der Waals surface area contributed by atoms with Gasteiger partial charge in [-0.1, -0.05) is 6.42 Å². The van der Waals surface area contributed by atoms with Crippen LogP contribution < -0.4 is 10.6 Å². The Morgan fingerprint density at radius 3 is 3.14 bits per heavy atom. The van der Waals surface area contributed by atoms with Crippen LogP contribution in [-0.4, -0.2) is 25.5 Å². The van der Waals surface area contributed by atoms with Gasteiger partial charge in [0.25, 0.3) is 0 Å². The van der Waals surface area contributed by atoms with Gasteiger partial charge in [-0.3, -0.25) is 4.79 Å². The molecule has 2 N–H and O–H groups in total. The maximum absolute atomic E-state index is 11.2. The van der Waals surface area contributed by atoms with Crippen molar-refractivity contribution in [3.05, 3.63) is 0 Å². The number of amides is 1. The molecule has 0 radical (unpaired) electrons. The molecular formula is C11H22N2O. The Bertz CT molecular complexity index is 163. The van der Waals surface area contributed by atoms with Gasteiger partial charge in [0, 0.05) is 13.0 Å². The molecule has 14 heavy (non-hydrogen) atoms. The monoisotopic (exact) mass is 198 g/mol. The Morgan fingerprint density at radius 2 is 2.36 bits per heavy atom. The van der Waals surface area contributed by atoms with E-state index in [1.807, 2.05) is 6.92 Å². The zero-order chi connectivity index (χ0) is 10.2. The zero-order valence-electron chi connectivity index (χ0n) is 9.14. The molecule has 0 aromatic rings. The number of hydrogen-bond acceptors (Lipinski definition) is 2. The Hall–Kier alpha value is -0.570. The summed E-state index contributed by atoms with van der Waals surface area (Å²) in [6.45, 7) is 4.96. The van der Waals surface area contributed by atoms with Crippen molar-refractivity contribution in [3.8, 4) is 0 Å². The zero-order valence-corrected chi connectivity index (χ0v) is 9.14. The first kappa shape index (κ1) is 11.5. The molecule has 1 fully saturated rings. The minimum absolute atomic E-state index is 0.205. The summed E-state index contributed by atoms with van der Waals surface area (Å²) in [4.78, 5) is 11.2. The Kier molecular flexibility index (Phi) is 5.60. The average molecular weight is 198 g/mol. The van der Waals surface area contributed by atoms with Gasteiger partial charge in [-0.2, -0.15) is 0 Å². The van der Waals surface area contributed by atoms with Gasteiger partial charge in [-0.25, -0.2) is 0 Å². The molecule has 3 nitrogen and oxygen atoms in total. The fourth-order valence-electron chi connectivity index (χ4n) is 1.96. The molecule has 1 saturated heterocycles. The predicted octanol–water partition coefficient (Wildman–Crippen LogP) is 1.29. The summed E-state index contributed by atoms with van der Waals surface area (Å²) in [5.74, 6) is 0.914. The van der Waals surface area contributed by atoms with E-state index in [1.54, 1.807) is 0 Å². The highest BCUT2D eigenvalue weighted by molar-refractivity contribution is 5.75. The lowest BCUT2D eigenvalue weighted by Gasteiger charge is -2.13. The molecule has 1 rings (SSSR count). The summed E-state index contributed by atoms with van der Waals surface area (Å²) in [6.07, 6.45) is 5.62. The number of carbonyl (C=O) groups is 1. The van der Waals surface area contributed by atoms with Crippen LogP contribution in [0.25, 0.3) is 0 Å². The molecule has 0 spiro atoms. The molecule has 1 atom stereocenters. The number of hydrogen-bond donors (Lipinski definition) is 2. The molecule has 1 amide bonds. The van der Waals surface area contributed by atoms with E-state index in [2.05, 4.69) is 10.6 Å². The van der Waals surface area contributed by atoms with Crippen LogP contribution in [0.1, 0.15) is 39.0 Å². The molecule has 0 saturated carbocycles. The Morgan fingerprint density at radius 1 is 1.50 bits per heavy atom. The highest BCUT2D eigenvalue weighted by Gasteiger charge is 2.12. The molecule has 1 unspecified atom stereocenters. The van der Waals surface area contributed by atoms with Crippen LogP contribution in [0.2, 0.25) is 0 Å². The van der Waals surface area contributed by atoms with Crippen LogP contribution in [0.15, 0.2) is 0 Å². The van der Waals surface area contributed by atoms with E-state index in [-0.39, 0.29) is 5.91 Å². The topological polar surface area (TPSA) is 41.1 Å². The fourth-order valence-corrected chi connectivity index (χ4v) is 1.96. The third-order valence-electron chi connectivity index (χ3n) is 2.80. The van der Waals surface area contributed by atoms with E-state index in [1.165, 1.54) is 19.3 Å². The normalized spacial score (nSPS) is 22.8. The minimum atomic E-state index is 0.205. The lowest BCUT2D eigenvalue weighted by Crippen LogP contribution is -2.25. The Labute approximate surface area is 86.6 Å². The molecule has 1 aliphatic heterocycles. The van der Waals surface area contributed by atoms with Gasteiger partial charge in [0.05, 0.1) is 0 Å². The van der Waals surface area contributed by atoms with Crippen LogP contribution in [0.3, 0.4) is 0 Å². The van der Waals surface area contributed by atoms with Crippen molar-refractivity contribution in [2.24, 2.45) is 5.92 Å². The van der Waals surface area contributed by atoms with E-state index in [9.17, 15) is 4.79 Å². The largest absolute Gasteiger partial charge is 0.356 e. The molecule has 82 valence electrons. The van der Waals surface area contributed by atoms with Crippen molar-refractivity contribution < 1.29 is 4.79 Å². The second-order valence-corrected chi connectivity index (χ2v) is 4.06. The minimum Gasteiger partial charge on any atom is -0.356 e. The van der Waals surface area contributed by atoms with Crippen molar-refractivity contribution in [2.45, 2.75) is 39.0 Å². The summed E-state index contributed by atoms with van der Waals surface area (Å²) >= 11 is 0. The third kappa shape index (κ3) is 4.61. The smallest absolute Gasteiger partial charge is 0.219 e. The molecule has 0 aromatic heterocycles. The van der Waals surface area contributed by atoms with E-state index in [0.717, 1.165) is 26.1 Å². The van der Waals surface area contributed by atoms with E-state index in [4.69, 9.17) is 0 Å². The van der Waals surface area contributed by atoms with Gasteiger partial charge in [0.2, 0.25) is 5.91 Å². The van der Waals surface area contributed by atoms with E-state index in [0.29, 0.717) is 12.3 Å². The molecule has 0 aromatic carbocycles. The van der Waals surface area contributed by atoms with Gasteiger partial charge in [0.15, 0.2) is 0 Å². The maximum atomic E-state index is 11.2. The molecule has 3 heteroatoms. The summed E-state index contributed by atoms with van der Waals surface area (Å²) < 4.78 is 0. The van der Waals surface area contributed by atoms with Crippen molar-refractivity contribution in [1.82, 2.24) is 10.6 Å². The molecule has 1 heterocycles. The van der Waals surface area contributed by atoms with Gasteiger partial charge in [0.1, 0.15) is 0 Å². The molecule has 1 aliphatic rings. The van der Waals surface area contributed by atoms with Gasteiger partial charge in [-0.05, 0) is 45.2 Å². The lowest BCUT2D eigenvalue weighted by molar-refractivity contribution is -0.121. The van der Waals surface area contributed by atoms with E-state index >= 15 is 0 Å². The average Bonchev–Trinajstić information content (AvgIpc) is 2.43. The first-order chi connectivity index (χ1) is 6.83. The van der Waals surface area contributed by atoms with Gasteiger partial charge >= 0.3 is 0 Å². The van der Waals surface area contributed by atoms with E-state index < -0.39 is 0 Å². The maximum Gasteiger partial charge on any atom is 0.219 e. The van der Waals surface area contributed by atoms with Crippen LogP contribution in [-0.2, 0) is 4.79 Å². The van der Waals surface area contributed by atoms with Crippen LogP contribution in [0.4, 0.5) is 0 Å². The summed E-state index contributed by atoms with van der Waals surface area (Å²) in [7, 11) is 0. The van der Waals surface area contributed by atoms with Crippen LogP contribution >= 0.6 is 0 Å². The van der Waals surface area contributed by atoms with Crippen LogP contribution in [0, 0.1) is 5.92 Å². The SMILES string of the molecule is CCNC(=O)CCC1CCCCNC1. The third-order valence-corrected chi connectivity index (χ3v) is 2.80. The number of nitrogens with one attached hydrogen (secondary N) is 2. The van der Waals surface area contributed by atoms with Crippen molar-refractivity contribution in [2.75, 3.05) is 19.6 Å². The van der Waals surface area contributed by atoms with Crippen molar-refractivity contribution in [3.63, 3.8) is 0 Å². The predicted molar refractivity (Wildman–Crippen MR) is 58.1 cm³/mol. The molecule has 0 aliphatic carbocycles.